The van der Waals surface area contributed by atoms with Crippen molar-refractivity contribution in [2.45, 2.75) is 69.0 Å². The van der Waals surface area contributed by atoms with Crippen LogP contribution in [-0.4, -0.2) is 87.3 Å². The molecule has 11 nitrogen and oxygen atoms in total. The number of urea groups is 1. The molecular weight excluding hydrogens is 560 g/mol. The topological polar surface area (TPSA) is 138 Å². The highest BCUT2D eigenvalue weighted by atomic mass is 32.2. The highest BCUT2D eigenvalue weighted by Gasteiger charge is 2.34. The summed E-state index contributed by atoms with van der Waals surface area (Å²) in [6.45, 7) is 4.02. The van der Waals surface area contributed by atoms with Crippen molar-refractivity contribution in [1.82, 2.24) is 15.1 Å². The van der Waals surface area contributed by atoms with E-state index >= 15 is 0 Å². The lowest BCUT2D eigenvalue weighted by atomic mass is 9.96. The molecule has 3 atom stereocenters. The van der Waals surface area contributed by atoms with Crippen molar-refractivity contribution in [2.24, 2.45) is 5.92 Å². The number of sulfonamides is 1. The maximum atomic E-state index is 13.7. The van der Waals surface area contributed by atoms with Gasteiger partial charge < -0.3 is 29.7 Å². The zero-order valence-corrected chi connectivity index (χ0v) is 25.5. The first-order valence-corrected chi connectivity index (χ1v) is 15.9. The molecular formula is C30H42N4O7S. The summed E-state index contributed by atoms with van der Waals surface area (Å²) < 4.78 is 40.1. The van der Waals surface area contributed by atoms with Crippen LogP contribution in [-0.2, 0) is 10.0 Å². The summed E-state index contributed by atoms with van der Waals surface area (Å²) in [5.74, 6) is 0.247. The molecule has 1 heterocycles. The molecule has 2 aromatic carbocycles. The third kappa shape index (κ3) is 7.46. The third-order valence-corrected chi connectivity index (χ3v) is 9.42. The maximum absolute atomic E-state index is 13.7. The Morgan fingerprint density at radius 1 is 1.17 bits per heavy atom. The normalized spacial score (nSPS) is 20.4. The van der Waals surface area contributed by atoms with Crippen LogP contribution in [0.5, 0.6) is 11.5 Å². The van der Waals surface area contributed by atoms with E-state index in [4.69, 9.17) is 9.47 Å². The molecule has 3 amide bonds. The highest BCUT2D eigenvalue weighted by molar-refractivity contribution is 7.92. The highest BCUT2D eigenvalue weighted by Crippen LogP contribution is 2.31. The molecule has 1 saturated carbocycles. The summed E-state index contributed by atoms with van der Waals surface area (Å²) in [6.07, 6.45) is 4.91. The molecule has 4 rings (SSSR count). The summed E-state index contributed by atoms with van der Waals surface area (Å²) in [5.41, 5.74) is 0.351. The second kappa shape index (κ2) is 13.6. The minimum atomic E-state index is -3.95. The predicted molar refractivity (Wildman–Crippen MR) is 159 cm³/mol. The van der Waals surface area contributed by atoms with E-state index in [1.165, 1.54) is 37.8 Å². The van der Waals surface area contributed by atoms with Crippen LogP contribution in [0.15, 0.2) is 47.4 Å². The van der Waals surface area contributed by atoms with Crippen molar-refractivity contribution in [1.29, 1.82) is 0 Å². The number of ether oxygens (including phenoxy) is 2. The SMILES string of the molecule is COc1ccc(S(=O)(=O)Nc2ccc3c(c2)C(=O)N([C@@H](C)CO)C[C@H](C)[C@@H](CN(C)C(=O)NC2CCCCC2)O3)cc1. The molecule has 0 unspecified atom stereocenters. The van der Waals surface area contributed by atoms with Crippen molar-refractivity contribution in [2.75, 3.05) is 38.6 Å². The number of hydrogen-bond acceptors (Lipinski definition) is 7. The van der Waals surface area contributed by atoms with Crippen molar-refractivity contribution in [3.8, 4) is 11.5 Å². The van der Waals surface area contributed by atoms with Gasteiger partial charge in [-0.3, -0.25) is 9.52 Å². The fourth-order valence-electron chi connectivity index (χ4n) is 5.36. The molecule has 230 valence electrons. The lowest BCUT2D eigenvalue weighted by Crippen LogP contribution is -2.52. The van der Waals surface area contributed by atoms with Gasteiger partial charge in [-0.05, 0) is 62.2 Å². The van der Waals surface area contributed by atoms with Crippen LogP contribution in [0.4, 0.5) is 10.5 Å². The standard InChI is InChI=1S/C30H42N4O7S/c1-20-17-34(21(2)19-35)29(36)26-16-23(32-42(38,39)25-13-11-24(40-4)12-14-25)10-15-27(26)41-28(20)18-33(3)30(37)31-22-8-6-5-7-9-22/h10-16,20-22,28,32,35H,5-9,17-19H2,1-4H3,(H,31,37)/t20-,21-,28+/m0/s1. The maximum Gasteiger partial charge on any atom is 0.317 e. The van der Waals surface area contributed by atoms with Crippen LogP contribution >= 0.6 is 0 Å². The number of fused-ring (bicyclic) bond motifs is 1. The first kappa shape index (κ1) is 31.4. The number of rotatable bonds is 9. The molecule has 2 aliphatic rings. The van der Waals surface area contributed by atoms with Crippen molar-refractivity contribution in [3.63, 3.8) is 0 Å². The Hall–Kier alpha value is -3.51. The number of methoxy groups -OCH3 is 1. The minimum absolute atomic E-state index is 0.0385. The Kier molecular flexibility index (Phi) is 10.2. The van der Waals surface area contributed by atoms with Gasteiger partial charge in [0.1, 0.15) is 17.6 Å². The Morgan fingerprint density at radius 2 is 1.86 bits per heavy atom. The second-order valence-electron chi connectivity index (χ2n) is 11.3. The average molecular weight is 603 g/mol. The number of anilines is 1. The van der Waals surface area contributed by atoms with Crippen molar-refractivity contribution < 1.29 is 32.6 Å². The van der Waals surface area contributed by atoms with E-state index in [1.807, 2.05) is 6.92 Å². The van der Waals surface area contributed by atoms with Crippen LogP contribution in [0.3, 0.4) is 0 Å². The van der Waals surface area contributed by atoms with Gasteiger partial charge in [-0.1, -0.05) is 26.2 Å². The number of carbonyl (C=O) groups excluding carboxylic acids is 2. The zero-order chi connectivity index (χ0) is 30.4. The van der Waals surface area contributed by atoms with Crippen LogP contribution in [0.1, 0.15) is 56.3 Å². The van der Waals surface area contributed by atoms with Crippen molar-refractivity contribution in [3.05, 3.63) is 48.0 Å². The number of nitrogens with zero attached hydrogens (tertiary/aromatic N) is 2. The molecule has 12 heteroatoms. The Morgan fingerprint density at radius 3 is 2.50 bits per heavy atom. The molecule has 42 heavy (non-hydrogen) atoms. The molecule has 3 N–H and O–H groups in total. The smallest absolute Gasteiger partial charge is 0.317 e. The van der Waals surface area contributed by atoms with Gasteiger partial charge in [0.25, 0.3) is 15.9 Å². The van der Waals surface area contributed by atoms with Gasteiger partial charge in [-0.25, -0.2) is 13.2 Å². The molecule has 1 aliphatic carbocycles. The van der Waals surface area contributed by atoms with Crippen LogP contribution in [0.2, 0.25) is 0 Å². The van der Waals surface area contributed by atoms with Crippen LogP contribution in [0, 0.1) is 5.92 Å². The Balaban J connectivity index is 1.58. The first-order chi connectivity index (χ1) is 20.0. The molecule has 0 spiro atoms. The molecule has 0 aromatic heterocycles. The molecule has 2 aromatic rings. The number of nitrogens with one attached hydrogen (secondary N) is 2. The lowest BCUT2D eigenvalue weighted by molar-refractivity contribution is 0.0366. The van der Waals surface area contributed by atoms with E-state index in [0.717, 1.165) is 25.7 Å². The fraction of sp³-hybridized carbons (Fsp3) is 0.533. The van der Waals surface area contributed by atoms with Gasteiger partial charge in [0.05, 0.1) is 36.8 Å². The number of hydrogen-bond donors (Lipinski definition) is 3. The lowest BCUT2D eigenvalue weighted by Gasteiger charge is -2.38. The van der Waals surface area contributed by atoms with E-state index in [-0.39, 0.29) is 65.5 Å². The van der Waals surface area contributed by atoms with Crippen LogP contribution < -0.4 is 19.5 Å². The molecule has 0 radical (unpaired) electrons. The summed E-state index contributed by atoms with van der Waals surface area (Å²) in [4.78, 5) is 29.9. The minimum Gasteiger partial charge on any atom is -0.497 e. The number of benzene rings is 2. The first-order valence-electron chi connectivity index (χ1n) is 14.4. The van der Waals surface area contributed by atoms with E-state index in [9.17, 15) is 23.1 Å². The van der Waals surface area contributed by atoms with E-state index < -0.39 is 22.2 Å². The average Bonchev–Trinajstić information content (AvgIpc) is 2.99. The molecule has 1 fully saturated rings. The predicted octanol–water partition coefficient (Wildman–Crippen LogP) is 3.69. The van der Waals surface area contributed by atoms with Gasteiger partial charge in [0.15, 0.2) is 0 Å². The number of aliphatic hydroxyl groups is 1. The van der Waals surface area contributed by atoms with Crippen LogP contribution in [0.25, 0.3) is 0 Å². The van der Waals surface area contributed by atoms with Gasteiger partial charge in [-0.2, -0.15) is 0 Å². The third-order valence-electron chi connectivity index (χ3n) is 8.02. The Labute approximate surface area is 248 Å². The molecule has 0 bridgehead atoms. The molecule has 1 aliphatic heterocycles. The number of carbonyl (C=O) groups is 2. The van der Waals surface area contributed by atoms with Gasteiger partial charge >= 0.3 is 6.03 Å². The summed E-state index contributed by atoms with van der Waals surface area (Å²) >= 11 is 0. The number of likely N-dealkylation sites (N-methyl/N-ethyl adjacent to an activating group) is 1. The van der Waals surface area contributed by atoms with Crippen molar-refractivity contribution >= 4 is 27.6 Å². The van der Waals surface area contributed by atoms with E-state index in [1.54, 1.807) is 42.0 Å². The quantitative estimate of drug-likeness (QED) is 0.398. The van der Waals surface area contributed by atoms with Gasteiger partial charge in [0, 0.05) is 31.2 Å². The van der Waals surface area contributed by atoms with Gasteiger partial charge in [0.2, 0.25) is 0 Å². The summed E-state index contributed by atoms with van der Waals surface area (Å²) in [7, 11) is -0.731. The van der Waals surface area contributed by atoms with E-state index in [0.29, 0.717) is 5.75 Å². The zero-order valence-electron chi connectivity index (χ0n) is 24.7. The summed E-state index contributed by atoms with van der Waals surface area (Å²) in [6, 6.07) is 10.0. The fourth-order valence-corrected chi connectivity index (χ4v) is 6.41. The monoisotopic (exact) mass is 602 g/mol. The largest absolute Gasteiger partial charge is 0.497 e. The molecule has 0 saturated heterocycles. The number of aliphatic hydroxyl groups excluding tert-OH is 1. The Bertz CT molecular complexity index is 1350. The van der Waals surface area contributed by atoms with E-state index in [2.05, 4.69) is 10.0 Å². The summed E-state index contributed by atoms with van der Waals surface area (Å²) in [5, 5.41) is 13.0. The van der Waals surface area contributed by atoms with Gasteiger partial charge in [-0.15, -0.1) is 0 Å². The number of amides is 3. The second-order valence-corrected chi connectivity index (χ2v) is 13.0.